The first-order valence-electron chi connectivity index (χ1n) is 9.73. The summed E-state index contributed by atoms with van der Waals surface area (Å²) in [7, 11) is 2.12. The van der Waals surface area contributed by atoms with E-state index in [-0.39, 0.29) is 11.5 Å². The number of nitrogens with zero attached hydrogens (tertiary/aromatic N) is 1. The number of aliphatic hydroxyl groups is 1. The van der Waals surface area contributed by atoms with Crippen LogP contribution in [-0.4, -0.2) is 41.8 Å². The lowest BCUT2D eigenvalue weighted by atomic mass is 9.69. The van der Waals surface area contributed by atoms with Crippen molar-refractivity contribution in [2.45, 2.75) is 37.0 Å². The van der Waals surface area contributed by atoms with E-state index in [2.05, 4.69) is 18.0 Å². The smallest absolute Gasteiger partial charge is 0.343 e. The maximum absolute atomic E-state index is 12.6. The van der Waals surface area contributed by atoms with Crippen LogP contribution in [-0.2, 0) is 12.0 Å². The van der Waals surface area contributed by atoms with E-state index in [4.69, 9.17) is 9.47 Å². The topological polar surface area (TPSA) is 59.0 Å². The molecule has 1 spiro atoms. The van der Waals surface area contributed by atoms with Crippen molar-refractivity contribution in [1.82, 2.24) is 4.90 Å². The lowest BCUT2D eigenvalue weighted by Crippen LogP contribution is -2.42. The number of hydrogen-bond donors (Lipinski definition) is 1. The van der Waals surface area contributed by atoms with Crippen molar-refractivity contribution in [3.63, 3.8) is 0 Å². The van der Waals surface area contributed by atoms with Gasteiger partial charge < -0.3 is 19.5 Å². The van der Waals surface area contributed by atoms with Crippen LogP contribution in [0.1, 0.15) is 34.3 Å². The average molecular weight is 377 g/mol. The molecule has 0 bridgehead atoms. The zero-order chi connectivity index (χ0) is 19.3. The summed E-state index contributed by atoms with van der Waals surface area (Å²) in [5.74, 6) is 0.709. The minimum absolute atomic E-state index is 0.149. The molecule has 1 aliphatic carbocycles. The second-order valence-electron chi connectivity index (χ2n) is 7.98. The van der Waals surface area contributed by atoms with Crippen LogP contribution in [0.25, 0.3) is 0 Å². The number of benzene rings is 2. The van der Waals surface area contributed by atoms with Gasteiger partial charge in [-0.3, -0.25) is 0 Å². The van der Waals surface area contributed by atoms with E-state index < -0.39 is 12.1 Å². The van der Waals surface area contributed by atoms with Crippen LogP contribution in [0.3, 0.4) is 0 Å². The van der Waals surface area contributed by atoms with Gasteiger partial charge in [-0.2, -0.15) is 0 Å². The molecule has 0 amide bonds. The van der Waals surface area contributed by atoms with Crippen LogP contribution in [0.15, 0.2) is 54.6 Å². The lowest BCUT2D eigenvalue weighted by Gasteiger charge is -2.35. The molecular formula is C23H23NO4. The summed E-state index contributed by atoms with van der Waals surface area (Å²) in [6.07, 6.45) is 4.79. The second kappa shape index (κ2) is 6.47. The number of carbonyl (C=O) groups excluding carboxylic acids is 1. The Morgan fingerprint density at radius 2 is 2.07 bits per heavy atom. The molecule has 0 unspecified atom stereocenters. The Labute approximate surface area is 164 Å². The third-order valence-electron chi connectivity index (χ3n) is 6.14. The molecule has 5 rings (SSSR count). The molecule has 3 aliphatic rings. The van der Waals surface area contributed by atoms with Crippen LogP contribution in [0.4, 0.5) is 0 Å². The molecule has 2 heterocycles. The Morgan fingerprint density at radius 3 is 2.89 bits per heavy atom. The fourth-order valence-electron chi connectivity index (χ4n) is 4.73. The minimum Gasteiger partial charge on any atom is -0.485 e. The SMILES string of the molecule is CN1CC[C@@]23C=C[C@H](O)C[C@@H]2Oc2c(OC(=O)c4ccccc4)ccc(c23)C1. The normalized spacial score (nSPS) is 28.1. The van der Waals surface area contributed by atoms with Crippen LogP contribution in [0, 0.1) is 0 Å². The molecule has 2 aromatic carbocycles. The Hall–Kier alpha value is -2.63. The maximum atomic E-state index is 12.6. The predicted octanol–water partition coefficient (Wildman–Crippen LogP) is 3.06. The molecule has 144 valence electrons. The number of hydrogen-bond acceptors (Lipinski definition) is 5. The number of rotatable bonds is 2. The largest absolute Gasteiger partial charge is 0.485 e. The number of ether oxygens (including phenoxy) is 2. The highest BCUT2D eigenvalue weighted by Crippen LogP contribution is 2.55. The van der Waals surface area contributed by atoms with Crippen LogP contribution < -0.4 is 9.47 Å². The van der Waals surface area contributed by atoms with Crippen molar-refractivity contribution < 1.29 is 19.4 Å². The Kier molecular flexibility index (Phi) is 4.03. The molecule has 5 heteroatoms. The molecule has 2 aliphatic heterocycles. The van der Waals surface area contributed by atoms with Crippen LogP contribution in [0.5, 0.6) is 11.5 Å². The molecule has 5 nitrogen and oxygen atoms in total. The highest BCUT2D eigenvalue weighted by atomic mass is 16.6. The van der Waals surface area contributed by atoms with Crippen molar-refractivity contribution in [2.75, 3.05) is 13.6 Å². The number of aliphatic hydroxyl groups excluding tert-OH is 1. The van der Waals surface area contributed by atoms with E-state index >= 15 is 0 Å². The van der Waals surface area contributed by atoms with Crippen LogP contribution in [0.2, 0.25) is 0 Å². The van der Waals surface area contributed by atoms with Gasteiger partial charge in [-0.1, -0.05) is 36.4 Å². The number of carbonyl (C=O) groups is 1. The fourth-order valence-corrected chi connectivity index (χ4v) is 4.73. The zero-order valence-electron chi connectivity index (χ0n) is 15.8. The molecule has 0 radical (unpaired) electrons. The van der Waals surface area contributed by atoms with Crippen LogP contribution >= 0.6 is 0 Å². The lowest BCUT2D eigenvalue weighted by molar-refractivity contribution is 0.0692. The van der Waals surface area contributed by atoms with Crippen molar-refractivity contribution in [2.24, 2.45) is 0 Å². The molecule has 0 saturated carbocycles. The minimum atomic E-state index is -0.510. The first-order valence-corrected chi connectivity index (χ1v) is 9.73. The highest BCUT2D eigenvalue weighted by molar-refractivity contribution is 5.91. The number of esters is 1. The van der Waals surface area contributed by atoms with E-state index in [1.54, 1.807) is 12.1 Å². The molecule has 3 atom stereocenters. The Balaban J connectivity index is 1.59. The maximum Gasteiger partial charge on any atom is 0.343 e. The van der Waals surface area contributed by atoms with E-state index in [9.17, 15) is 9.90 Å². The highest BCUT2D eigenvalue weighted by Gasteiger charge is 2.52. The zero-order valence-corrected chi connectivity index (χ0v) is 15.8. The average Bonchev–Trinajstić information content (AvgIpc) is 2.96. The van der Waals surface area contributed by atoms with Gasteiger partial charge in [0, 0.05) is 18.5 Å². The summed E-state index contributed by atoms with van der Waals surface area (Å²) in [6, 6.07) is 12.8. The second-order valence-corrected chi connectivity index (χ2v) is 7.98. The van der Waals surface area contributed by atoms with E-state index in [1.165, 1.54) is 5.56 Å². The standard InChI is InChI=1S/C23H23NO4/c1-24-12-11-23-10-9-17(25)13-19(23)28-21-18(8-7-16(14-24)20(21)23)27-22(26)15-5-3-2-4-6-15/h2-10,17,19,25H,11-14H2,1H3/t17-,19-,23-/m0/s1. The van der Waals surface area contributed by atoms with Gasteiger partial charge in [-0.05, 0) is 43.8 Å². The fraction of sp³-hybridized carbons (Fsp3) is 0.348. The first-order chi connectivity index (χ1) is 13.6. The molecular weight excluding hydrogens is 354 g/mol. The third kappa shape index (κ3) is 2.65. The molecule has 0 aromatic heterocycles. The first kappa shape index (κ1) is 17.5. The van der Waals surface area contributed by atoms with Gasteiger partial charge in [0.1, 0.15) is 6.10 Å². The Morgan fingerprint density at radius 1 is 1.25 bits per heavy atom. The van der Waals surface area contributed by atoms with Crippen molar-refractivity contribution in [3.05, 3.63) is 71.3 Å². The van der Waals surface area contributed by atoms with Gasteiger partial charge in [0.25, 0.3) is 0 Å². The molecule has 0 saturated heterocycles. The van der Waals surface area contributed by atoms with E-state index in [0.717, 1.165) is 25.1 Å². The summed E-state index contributed by atoms with van der Waals surface area (Å²) in [4.78, 5) is 14.9. The van der Waals surface area contributed by atoms with Crippen molar-refractivity contribution >= 4 is 5.97 Å². The van der Waals surface area contributed by atoms with Crippen molar-refractivity contribution in [1.29, 1.82) is 0 Å². The van der Waals surface area contributed by atoms with Gasteiger partial charge in [0.2, 0.25) is 0 Å². The summed E-state index contributed by atoms with van der Waals surface area (Å²) in [6.45, 7) is 1.76. The van der Waals surface area contributed by atoms with Gasteiger partial charge >= 0.3 is 5.97 Å². The Bertz CT molecular complexity index is 955. The van der Waals surface area contributed by atoms with E-state index in [0.29, 0.717) is 23.5 Å². The van der Waals surface area contributed by atoms with Gasteiger partial charge in [-0.15, -0.1) is 0 Å². The van der Waals surface area contributed by atoms with Gasteiger partial charge in [0.05, 0.1) is 17.1 Å². The molecule has 0 fully saturated rings. The van der Waals surface area contributed by atoms with Gasteiger partial charge in [0.15, 0.2) is 11.5 Å². The molecule has 2 aromatic rings. The molecule has 1 N–H and O–H groups in total. The van der Waals surface area contributed by atoms with E-state index in [1.807, 2.05) is 36.4 Å². The van der Waals surface area contributed by atoms with Gasteiger partial charge in [-0.25, -0.2) is 4.79 Å². The monoisotopic (exact) mass is 377 g/mol. The summed E-state index contributed by atoms with van der Waals surface area (Å²) >= 11 is 0. The van der Waals surface area contributed by atoms with Crippen molar-refractivity contribution in [3.8, 4) is 11.5 Å². The third-order valence-corrected chi connectivity index (χ3v) is 6.14. The summed E-state index contributed by atoms with van der Waals surface area (Å²) in [5, 5.41) is 10.2. The quantitative estimate of drug-likeness (QED) is 0.495. The molecule has 28 heavy (non-hydrogen) atoms. The predicted molar refractivity (Wildman–Crippen MR) is 105 cm³/mol. The summed E-state index contributed by atoms with van der Waals surface area (Å²) < 4.78 is 12.1. The summed E-state index contributed by atoms with van der Waals surface area (Å²) in [5.41, 5.74) is 2.54.